The number of fused-ring (bicyclic) bond motifs is 1. The number of anilines is 2. The number of nitrogens with zero attached hydrogens (tertiary/aromatic N) is 2. The molecule has 2 N–H and O–H groups in total. The van der Waals surface area contributed by atoms with Crippen LogP contribution < -0.4 is 21.1 Å². The first kappa shape index (κ1) is 27.4. The van der Waals surface area contributed by atoms with Crippen molar-refractivity contribution in [1.82, 2.24) is 9.55 Å². The molecule has 208 valence electrons. The van der Waals surface area contributed by atoms with Gasteiger partial charge in [0.15, 0.2) is 5.78 Å². The average Bonchev–Trinajstić information content (AvgIpc) is 3.00. The molecule has 41 heavy (non-hydrogen) atoms. The summed E-state index contributed by atoms with van der Waals surface area (Å²) in [7, 11) is 1.53. The molecule has 0 bridgehead atoms. The van der Waals surface area contributed by atoms with Gasteiger partial charge in [-0.2, -0.15) is 4.98 Å². The van der Waals surface area contributed by atoms with E-state index in [0.717, 1.165) is 5.56 Å². The number of allylic oxidation sites excluding steroid dienone is 1. The van der Waals surface area contributed by atoms with Gasteiger partial charge in [0.25, 0.3) is 0 Å². The molecule has 1 aromatic heterocycles. The number of para-hydroxylation sites is 1. The second kappa shape index (κ2) is 11.9. The highest BCUT2D eigenvalue weighted by Gasteiger charge is 2.38. The van der Waals surface area contributed by atoms with Crippen LogP contribution in [0, 0.1) is 0 Å². The summed E-state index contributed by atoms with van der Waals surface area (Å²) in [6.45, 7) is 3.60. The number of hydrogen-bond donors (Lipinski definition) is 2. The Morgan fingerprint density at radius 3 is 2.39 bits per heavy atom. The lowest BCUT2D eigenvalue weighted by molar-refractivity contribution is -0.138. The van der Waals surface area contributed by atoms with Crippen molar-refractivity contribution < 1.29 is 19.1 Å². The molecular formula is C32H30N4O5. The van der Waals surface area contributed by atoms with E-state index in [-0.39, 0.29) is 24.8 Å². The second-order valence-corrected chi connectivity index (χ2v) is 9.41. The first-order chi connectivity index (χ1) is 19.9. The number of ether oxygens (including phenoxy) is 2. The van der Waals surface area contributed by atoms with Crippen molar-refractivity contribution in [1.29, 1.82) is 0 Å². The average molecular weight is 551 g/mol. The van der Waals surface area contributed by atoms with Crippen molar-refractivity contribution in [3.8, 4) is 11.4 Å². The zero-order chi connectivity index (χ0) is 28.9. The maximum atomic E-state index is 13.5. The molecule has 0 amide bonds. The normalized spacial score (nSPS) is 14.1. The first-order valence-electron chi connectivity index (χ1n) is 13.3. The van der Waals surface area contributed by atoms with Gasteiger partial charge in [-0.15, -0.1) is 0 Å². The Balaban J connectivity index is 1.69. The highest BCUT2D eigenvalue weighted by Crippen LogP contribution is 2.45. The lowest BCUT2D eigenvalue weighted by atomic mass is 9.81. The number of ketones is 1. The van der Waals surface area contributed by atoms with E-state index in [1.807, 2.05) is 60.7 Å². The van der Waals surface area contributed by atoms with Crippen LogP contribution in [0.5, 0.6) is 5.75 Å². The summed E-state index contributed by atoms with van der Waals surface area (Å²) >= 11 is 0. The van der Waals surface area contributed by atoms with Crippen LogP contribution in [0.4, 0.5) is 11.6 Å². The number of nitrogens with one attached hydrogen (secondary N) is 2. The molecule has 0 saturated heterocycles. The van der Waals surface area contributed by atoms with Crippen LogP contribution in [0.25, 0.3) is 5.69 Å². The molecule has 1 aliphatic rings. The van der Waals surface area contributed by atoms with Gasteiger partial charge in [-0.25, -0.2) is 14.2 Å². The molecule has 3 aromatic carbocycles. The van der Waals surface area contributed by atoms with Crippen molar-refractivity contribution in [3.05, 3.63) is 123 Å². The Kier molecular flexibility index (Phi) is 7.96. The molecule has 1 atom stereocenters. The Labute approximate surface area is 237 Å². The molecule has 4 aromatic rings. The van der Waals surface area contributed by atoms with Crippen molar-refractivity contribution in [2.24, 2.45) is 0 Å². The van der Waals surface area contributed by atoms with Gasteiger partial charge >= 0.3 is 11.7 Å². The largest absolute Gasteiger partial charge is 0.497 e. The lowest BCUT2D eigenvalue weighted by Gasteiger charge is -2.33. The highest BCUT2D eigenvalue weighted by atomic mass is 16.5. The number of hydrogen-bond acceptors (Lipinski definition) is 8. The van der Waals surface area contributed by atoms with E-state index in [0.29, 0.717) is 39.7 Å². The fourth-order valence-electron chi connectivity index (χ4n) is 5.01. The fourth-order valence-corrected chi connectivity index (χ4v) is 5.01. The summed E-state index contributed by atoms with van der Waals surface area (Å²) < 4.78 is 12.2. The van der Waals surface area contributed by atoms with Crippen LogP contribution in [0.3, 0.4) is 0 Å². The predicted molar refractivity (Wildman–Crippen MR) is 157 cm³/mol. The van der Waals surface area contributed by atoms with E-state index in [1.54, 1.807) is 38.1 Å². The van der Waals surface area contributed by atoms with Gasteiger partial charge in [-0.05, 0) is 43.7 Å². The Morgan fingerprint density at radius 1 is 1.00 bits per heavy atom. The van der Waals surface area contributed by atoms with Gasteiger partial charge in [0, 0.05) is 16.8 Å². The summed E-state index contributed by atoms with van der Waals surface area (Å²) in [5, 5.41) is 6.40. The number of aromatic nitrogens is 2. The Hall–Kier alpha value is -5.18. The van der Waals surface area contributed by atoms with E-state index in [2.05, 4.69) is 15.6 Å². The molecule has 1 unspecified atom stereocenters. The SMILES string of the molecule is CCOC(=O)C1=C(C)Nc2c(c(NCC(=O)c3cccc(OC)c3)nc(=O)n2-c2ccccc2)C1c1ccccc1. The van der Waals surface area contributed by atoms with Gasteiger partial charge in [0.05, 0.1) is 37.4 Å². The third-order valence-corrected chi connectivity index (χ3v) is 6.87. The minimum atomic E-state index is -0.635. The number of methoxy groups -OCH3 is 1. The summed E-state index contributed by atoms with van der Waals surface area (Å²) in [6.07, 6.45) is 0. The molecule has 2 heterocycles. The van der Waals surface area contributed by atoms with Crippen molar-refractivity contribution >= 4 is 23.4 Å². The van der Waals surface area contributed by atoms with E-state index < -0.39 is 17.6 Å². The number of benzene rings is 3. The third kappa shape index (κ3) is 5.47. The Bertz CT molecular complexity index is 1680. The van der Waals surface area contributed by atoms with E-state index in [9.17, 15) is 14.4 Å². The number of carbonyl (C=O) groups excluding carboxylic acids is 2. The number of carbonyl (C=O) groups is 2. The molecule has 0 radical (unpaired) electrons. The minimum absolute atomic E-state index is 0.139. The maximum Gasteiger partial charge on any atom is 0.355 e. The van der Waals surface area contributed by atoms with Crippen molar-refractivity contribution in [2.45, 2.75) is 19.8 Å². The monoisotopic (exact) mass is 550 g/mol. The molecule has 9 heteroatoms. The highest BCUT2D eigenvalue weighted by molar-refractivity contribution is 6.00. The number of esters is 1. The van der Waals surface area contributed by atoms with Crippen LogP contribution in [0.1, 0.15) is 41.3 Å². The quantitative estimate of drug-likeness (QED) is 0.223. The fraction of sp³-hybridized carbons (Fsp3) is 0.188. The number of rotatable bonds is 9. The molecule has 5 rings (SSSR count). The third-order valence-electron chi connectivity index (χ3n) is 6.87. The van der Waals surface area contributed by atoms with Gasteiger partial charge in [0.2, 0.25) is 0 Å². The summed E-state index contributed by atoms with van der Waals surface area (Å²) in [5.74, 6) is -0.123. The molecule has 0 saturated carbocycles. The van der Waals surface area contributed by atoms with Crippen LogP contribution in [-0.4, -0.2) is 41.6 Å². The predicted octanol–water partition coefficient (Wildman–Crippen LogP) is 4.93. The van der Waals surface area contributed by atoms with E-state index in [4.69, 9.17) is 9.47 Å². The summed E-state index contributed by atoms with van der Waals surface area (Å²) in [4.78, 5) is 44.5. The Morgan fingerprint density at radius 2 is 1.71 bits per heavy atom. The molecule has 9 nitrogen and oxygen atoms in total. The van der Waals surface area contributed by atoms with Gasteiger partial charge in [-0.1, -0.05) is 60.7 Å². The van der Waals surface area contributed by atoms with Crippen LogP contribution in [0.15, 0.2) is 101 Å². The summed E-state index contributed by atoms with van der Waals surface area (Å²) in [6, 6.07) is 25.5. The van der Waals surface area contributed by atoms with Crippen LogP contribution in [-0.2, 0) is 9.53 Å². The van der Waals surface area contributed by atoms with Crippen LogP contribution in [0.2, 0.25) is 0 Å². The lowest BCUT2D eigenvalue weighted by Crippen LogP contribution is -2.34. The maximum absolute atomic E-state index is 13.5. The van der Waals surface area contributed by atoms with Crippen LogP contribution >= 0.6 is 0 Å². The smallest absolute Gasteiger partial charge is 0.355 e. The minimum Gasteiger partial charge on any atom is -0.497 e. The van der Waals surface area contributed by atoms with Crippen molar-refractivity contribution in [3.63, 3.8) is 0 Å². The molecular weight excluding hydrogens is 520 g/mol. The van der Waals surface area contributed by atoms with Gasteiger partial charge < -0.3 is 20.1 Å². The zero-order valence-corrected chi connectivity index (χ0v) is 23.0. The van der Waals surface area contributed by atoms with E-state index >= 15 is 0 Å². The van der Waals surface area contributed by atoms with E-state index in [1.165, 1.54) is 11.7 Å². The van der Waals surface area contributed by atoms with Crippen molar-refractivity contribution in [2.75, 3.05) is 30.9 Å². The topological polar surface area (TPSA) is 112 Å². The molecule has 0 aliphatic carbocycles. The second-order valence-electron chi connectivity index (χ2n) is 9.41. The summed E-state index contributed by atoms with van der Waals surface area (Å²) in [5.41, 5.74) is 2.81. The van der Waals surface area contributed by atoms with Gasteiger partial charge in [-0.3, -0.25) is 4.79 Å². The number of Topliss-reactive ketones (excluding diaryl/α,β-unsaturated/α-hetero) is 1. The molecule has 0 fully saturated rings. The van der Waals surface area contributed by atoms with Gasteiger partial charge in [0.1, 0.15) is 17.4 Å². The first-order valence-corrected chi connectivity index (χ1v) is 13.3. The standard InChI is InChI=1S/C32H30N4O5/c1-4-41-31(38)26-20(2)34-30-28(27(26)21-12-7-5-8-13-21)29(35-32(39)36(30)23-15-9-6-10-16-23)33-19-25(37)22-14-11-17-24(18-22)40-3/h5-18,27,34H,4,19H2,1-3H3,(H,33,35,39). The zero-order valence-electron chi connectivity index (χ0n) is 23.0. The molecule has 0 spiro atoms. The molecule has 1 aliphatic heterocycles.